The van der Waals surface area contributed by atoms with E-state index < -0.39 is 0 Å². The largest absolute Gasteiger partial charge is 0.509 e. The average Bonchev–Trinajstić information content (AvgIpc) is 3.76. The molecule has 8 heteroatoms. The van der Waals surface area contributed by atoms with Gasteiger partial charge in [-0.1, -0.05) is 98.2 Å². The first-order valence-electron chi connectivity index (χ1n) is 20.7. The number of para-hydroxylation sites is 1. The average molecular weight is 1000 g/mol. The van der Waals surface area contributed by atoms with Crippen molar-refractivity contribution in [2.24, 2.45) is 0 Å². The Morgan fingerprint density at radius 1 is 0.597 bits per heavy atom. The SMILES string of the molecule is CC(C)(C)c1cc(N2[CH-]N(c3[c-]c(Oc4[c-]c5c(cc4)c4cc(F)ccc4n5-c4cc(C(C)(C)C)ccn4)ccc3)c3cccc(-c4cccc(F)c4)c32)cc(C(C)(C)C)c1.[Pt]. The molecular formula is C54H49F2N4OPt-3. The second kappa shape index (κ2) is 15.8. The van der Waals surface area contributed by atoms with Gasteiger partial charge in [0.05, 0.1) is 0 Å². The summed E-state index contributed by atoms with van der Waals surface area (Å²) < 4.78 is 38.1. The summed E-state index contributed by atoms with van der Waals surface area (Å²) in [5.41, 5.74) is 10.1. The molecule has 0 saturated carbocycles. The van der Waals surface area contributed by atoms with Crippen LogP contribution in [-0.2, 0) is 37.3 Å². The van der Waals surface area contributed by atoms with Crippen LogP contribution in [0.2, 0.25) is 0 Å². The molecule has 0 bridgehead atoms. The zero-order valence-corrected chi connectivity index (χ0v) is 38.7. The fourth-order valence-corrected chi connectivity index (χ4v) is 8.06. The van der Waals surface area contributed by atoms with Gasteiger partial charge in [0.25, 0.3) is 0 Å². The third-order valence-corrected chi connectivity index (χ3v) is 11.5. The zero-order chi connectivity index (χ0) is 43.0. The van der Waals surface area contributed by atoms with Crippen LogP contribution in [0, 0.1) is 30.4 Å². The Hall–Kier alpha value is -5.78. The first-order valence-corrected chi connectivity index (χ1v) is 20.7. The first kappa shape index (κ1) is 42.9. The van der Waals surface area contributed by atoms with E-state index in [1.807, 2.05) is 65.4 Å². The van der Waals surface area contributed by atoms with E-state index in [2.05, 4.69) is 121 Å². The molecule has 62 heavy (non-hydrogen) atoms. The topological polar surface area (TPSA) is 33.5 Å². The molecule has 9 rings (SSSR count). The van der Waals surface area contributed by atoms with Gasteiger partial charge in [-0.15, -0.1) is 48.1 Å². The summed E-state index contributed by atoms with van der Waals surface area (Å²) in [6, 6.07) is 45.4. The normalized spacial score (nSPS) is 13.1. The Bertz CT molecular complexity index is 2960. The molecule has 6 aromatic carbocycles. The van der Waals surface area contributed by atoms with Crippen molar-refractivity contribution in [2.45, 2.75) is 78.6 Å². The Labute approximate surface area is 378 Å². The molecule has 0 spiro atoms. The fraction of sp³-hybridized carbons (Fsp3) is 0.222. The van der Waals surface area contributed by atoms with E-state index in [4.69, 9.17) is 9.72 Å². The van der Waals surface area contributed by atoms with Crippen LogP contribution in [0.15, 0.2) is 128 Å². The van der Waals surface area contributed by atoms with E-state index in [1.165, 1.54) is 23.3 Å². The smallest absolute Gasteiger partial charge is 0.135 e. The molecule has 1 aliphatic heterocycles. The van der Waals surface area contributed by atoms with Gasteiger partial charge in [-0.25, -0.2) is 13.8 Å². The van der Waals surface area contributed by atoms with Gasteiger partial charge < -0.3 is 19.1 Å². The number of hydrogen-bond acceptors (Lipinski definition) is 4. The van der Waals surface area contributed by atoms with Crippen LogP contribution < -0.4 is 14.5 Å². The molecule has 0 amide bonds. The number of benzene rings is 6. The molecule has 1 aliphatic rings. The summed E-state index contributed by atoms with van der Waals surface area (Å²) in [5.74, 6) is 1.09. The number of aromatic nitrogens is 2. The van der Waals surface area contributed by atoms with Crippen molar-refractivity contribution in [1.29, 1.82) is 0 Å². The molecular weight excluding hydrogens is 954 g/mol. The second-order valence-electron chi connectivity index (χ2n) is 19.0. The van der Waals surface area contributed by atoms with Crippen molar-refractivity contribution in [3.05, 3.63) is 175 Å². The van der Waals surface area contributed by atoms with E-state index in [9.17, 15) is 8.78 Å². The molecule has 0 N–H and O–H groups in total. The summed E-state index contributed by atoms with van der Waals surface area (Å²) in [5, 5.41) is 1.60. The van der Waals surface area contributed by atoms with E-state index in [1.54, 1.807) is 24.3 Å². The monoisotopic (exact) mass is 1000 g/mol. The molecule has 0 aliphatic carbocycles. The molecule has 0 saturated heterocycles. The molecule has 0 unspecified atom stereocenters. The van der Waals surface area contributed by atoms with Crippen molar-refractivity contribution in [2.75, 3.05) is 9.80 Å². The standard InChI is InChI=1S/C54H49F2N4O.Pt/c1-52(2,3)35-23-24-57-50(29-35)60-47-22-19-39(56)30-46(47)45-21-20-43(32-49(45)60)61-42-16-11-15-40(31-42)58-33-59(41-27-36(53(4,5)6)26-37(28-41)54(7,8)9)51-44(17-12-18-48(51)58)34-13-10-14-38(55)25-34;/h10-30,33H,1-9H3;/q-3;. The van der Waals surface area contributed by atoms with Gasteiger partial charge in [-0.3, -0.25) is 0 Å². The summed E-state index contributed by atoms with van der Waals surface area (Å²) in [6.07, 6.45) is 1.82. The predicted octanol–water partition coefficient (Wildman–Crippen LogP) is 14.8. The van der Waals surface area contributed by atoms with Crippen molar-refractivity contribution in [1.82, 2.24) is 9.55 Å². The summed E-state index contributed by atoms with van der Waals surface area (Å²) >= 11 is 0. The van der Waals surface area contributed by atoms with E-state index in [0.29, 0.717) is 17.3 Å². The molecule has 0 radical (unpaired) electrons. The Balaban J connectivity index is 0.00000529. The molecule has 0 atom stereocenters. The van der Waals surface area contributed by atoms with E-state index >= 15 is 0 Å². The molecule has 8 aromatic rings. The van der Waals surface area contributed by atoms with Crippen LogP contribution in [0.1, 0.15) is 79.0 Å². The van der Waals surface area contributed by atoms with Gasteiger partial charge in [0.2, 0.25) is 0 Å². The fourth-order valence-electron chi connectivity index (χ4n) is 8.06. The summed E-state index contributed by atoms with van der Waals surface area (Å²) in [7, 11) is 0. The molecule has 0 fully saturated rings. The predicted molar refractivity (Wildman–Crippen MR) is 246 cm³/mol. The van der Waals surface area contributed by atoms with E-state index in [0.717, 1.165) is 61.2 Å². The third-order valence-electron chi connectivity index (χ3n) is 11.5. The van der Waals surface area contributed by atoms with E-state index in [-0.39, 0.29) is 48.9 Å². The van der Waals surface area contributed by atoms with Crippen LogP contribution in [0.4, 0.5) is 31.5 Å². The van der Waals surface area contributed by atoms with Crippen LogP contribution in [0.3, 0.4) is 0 Å². The zero-order valence-electron chi connectivity index (χ0n) is 36.5. The van der Waals surface area contributed by atoms with Crippen LogP contribution >= 0.6 is 0 Å². The van der Waals surface area contributed by atoms with Crippen LogP contribution in [-0.4, -0.2) is 9.55 Å². The number of anilines is 4. The minimum absolute atomic E-state index is 0. The minimum atomic E-state index is -0.312. The van der Waals surface area contributed by atoms with Crippen molar-refractivity contribution < 1.29 is 34.6 Å². The number of hydrogen-bond donors (Lipinski definition) is 0. The van der Waals surface area contributed by atoms with Crippen LogP contribution in [0.25, 0.3) is 38.8 Å². The molecule has 2 aromatic heterocycles. The maximum absolute atomic E-state index is 14.8. The number of rotatable bonds is 6. The van der Waals surface area contributed by atoms with Crippen molar-refractivity contribution in [3.63, 3.8) is 0 Å². The first-order chi connectivity index (χ1) is 28.9. The van der Waals surface area contributed by atoms with Crippen LogP contribution in [0.5, 0.6) is 11.5 Å². The van der Waals surface area contributed by atoms with Crippen molar-refractivity contribution >= 4 is 44.6 Å². The number of ether oxygens (including phenoxy) is 1. The maximum atomic E-state index is 14.8. The number of nitrogens with zero attached hydrogens (tertiary/aromatic N) is 4. The number of fused-ring (bicyclic) bond motifs is 4. The molecule has 5 nitrogen and oxygen atoms in total. The number of pyridine rings is 1. The summed E-state index contributed by atoms with van der Waals surface area (Å²) in [4.78, 5) is 9.09. The van der Waals surface area contributed by atoms with Crippen molar-refractivity contribution in [3.8, 4) is 28.4 Å². The van der Waals surface area contributed by atoms with Gasteiger partial charge in [-0.2, -0.15) is 12.1 Å². The van der Waals surface area contributed by atoms with Gasteiger partial charge >= 0.3 is 0 Å². The molecule has 318 valence electrons. The Kier molecular flexibility index (Phi) is 11.0. The third kappa shape index (κ3) is 8.04. The maximum Gasteiger partial charge on any atom is 0.135 e. The minimum Gasteiger partial charge on any atom is -0.509 e. The number of halogens is 2. The quantitative estimate of drug-likeness (QED) is 0.155. The van der Waals surface area contributed by atoms with Gasteiger partial charge in [-0.05, 0) is 105 Å². The molecule has 3 heterocycles. The van der Waals surface area contributed by atoms with Gasteiger partial charge in [0, 0.05) is 66.9 Å². The summed E-state index contributed by atoms with van der Waals surface area (Å²) in [6.45, 7) is 22.0. The van der Waals surface area contributed by atoms with Gasteiger partial charge in [0.15, 0.2) is 0 Å². The Morgan fingerprint density at radius 3 is 1.98 bits per heavy atom. The Morgan fingerprint density at radius 2 is 1.27 bits per heavy atom. The second-order valence-corrected chi connectivity index (χ2v) is 19.0. The van der Waals surface area contributed by atoms with Gasteiger partial charge in [0.1, 0.15) is 17.5 Å².